The molecule has 1 aromatic heterocycles. The van der Waals surface area contributed by atoms with E-state index in [1.165, 1.54) is 24.3 Å². The molecule has 1 aromatic carbocycles. The monoisotopic (exact) mass is 362 g/mol. The van der Waals surface area contributed by atoms with E-state index in [1.54, 1.807) is 12.5 Å². The molecular weight excluding hydrogens is 344 g/mol. The molecule has 3 rings (SSSR count). The van der Waals surface area contributed by atoms with Crippen LogP contribution in [-0.2, 0) is 26.2 Å². The van der Waals surface area contributed by atoms with Crippen molar-refractivity contribution in [1.82, 2.24) is 14.3 Å². The van der Waals surface area contributed by atoms with E-state index in [-0.39, 0.29) is 29.6 Å². The van der Waals surface area contributed by atoms with E-state index in [2.05, 4.69) is 9.71 Å². The van der Waals surface area contributed by atoms with Crippen molar-refractivity contribution in [1.29, 1.82) is 0 Å². The number of hydrogen-bond acceptors (Lipinski definition) is 5. The topological polar surface area (TPSA) is 101 Å². The van der Waals surface area contributed by atoms with Crippen LogP contribution in [-0.4, -0.2) is 36.3 Å². The Balaban J connectivity index is 1.60. The van der Waals surface area contributed by atoms with Gasteiger partial charge in [0.1, 0.15) is 0 Å². The van der Waals surface area contributed by atoms with E-state index in [0.717, 1.165) is 4.90 Å². The minimum absolute atomic E-state index is 0.0953. The summed E-state index contributed by atoms with van der Waals surface area (Å²) >= 11 is 0. The maximum atomic E-state index is 12.3. The highest BCUT2D eigenvalue weighted by atomic mass is 32.2. The van der Waals surface area contributed by atoms with Crippen LogP contribution in [0, 0.1) is 0 Å². The van der Waals surface area contributed by atoms with Gasteiger partial charge in [-0.05, 0) is 30.7 Å². The molecule has 8 nitrogen and oxygen atoms in total. The zero-order chi connectivity index (χ0) is 17.9. The van der Waals surface area contributed by atoms with Gasteiger partial charge in [-0.15, -0.1) is 0 Å². The molecular formula is C16H18N4O4S. The van der Waals surface area contributed by atoms with Gasteiger partial charge in [0.25, 0.3) is 0 Å². The lowest BCUT2D eigenvalue weighted by molar-refractivity contribution is -0.121. The highest BCUT2D eigenvalue weighted by Crippen LogP contribution is 2.23. The van der Waals surface area contributed by atoms with Gasteiger partial charge in [-0.2, -0.15) is 0 Å². The Morgan fingerprint density at radius 2 is 1.76 bits per heavy atom. The molecule has 25 heavy (non-hydrogen) atoms. The quantitative estimate of drug-likeness (QED) is 0.583. The minimum atomic E-state index is -3.63. The van der Waals surface area contributed by atoms with Gasteiger partial charge < -0.3 is 4.57 Å². The van der Waals surface area contributed by atoms with Gasteiger partial charge in [-0.1, -0.05) is 0 Å². The average molecular weight is 362 g/mol. The van der Waals surface area contributed by atoms with Gasteiger partial charge in [-0.25, -0.2) is 18.1 Å². The van der Waals surface area contributed by atoms with Gasteiger partial charge in [0.15, 0.2) is 0 Å². The Morgan fingerprint density at radius 1 is 1.08 bits per heavy atom. The summed E-state index contributed by atoms with van der Waals surface area (Å²) in [6.07, 6.45) is 6.17. The van der Waals surface area contributed by atoms with E-state index in [0.29, 0.717) is 25.2 Å². The summed E-state index contributed by atoms with van der Waals surface area (Å²) in [6.45, 7) is 0.964. The lowest BCUT2D eigenvalue weighted by Gasteiger charge is -2.14. The van der Waals surface area contributed by atoms with E-state index >= 15 is 0 Å². The number of rotatable bonds is 7. The molecule has 1 fully saturated rings. The van der Waals surface area contributed by atoms with E-state index in [1.807, 2.05) is 10.8 Å². The van der Waals surface area contributed by atoms with Crippen molar-refractivity contribution in [3.8, 4) is 0 Å². The van der Waals surface area contributed by atoms with E-state index in [9.17, 15) is 18.0 Å². The largest absolute Gasteiger partial charge is 0.337 e. The fourth-order valence-electron chi connectivity index (χ4n) is 2.61. The maximum Gasteiger partial charge on any atom is 0.240 e. The first-order valence-corrected chi connectivity index (χ1v) is 9.37. The molecule has 0 bridgehead atoms. The molecule has 0 unspecified atom stereocenters. The van der Waals surface area contributed by atoms with Crippen LogP contribution >= 0.6 is 0 Å². The normalized spacial score (nSPS) is 15.1. The van der Waals surface area contributed by atoms with Crippen LogP contribution in [0.5, 0.6) is 0 Å². The number of imidazole rings is 1. The molecule has 1 N–H and O–H groups in total. The van der Waals surface area contributed by atoms with Crippen molar-refractivity contribution < 1.29 is 18.0 Å². The van der Waals surface area contributed by atoms with Crippen molar-refractivity contribution in [2.24, 2.45) is 0 Å². The second kappa shape index (κ2) is 7.16. The molecule has 2 aromatic rings. The van der Waals surface area contributed by atoms with E-state index in [4.69, 9.17) is 0 Å². The Morgan fingerprint density at radius 3 is 2.36 bits per heavy atom. The second-order valence-corrected chi connectivity index (χ2v) is 7.44. The van der Waals surface area contributed by atoms with Crippen molar-refractivity contribution >= 4 is 27.5 Å². The van der Waals surface area contributed by atoms with Gasteiger partial charge in [0.2, 0.25) is 21.8 Å². The molecule has 1 aliphatic heterocycles. The van der Waals surface area contributed by atoms with Crippen LogP contribution in [0.25, 0.3) is 0 Å². The van der Waals surface area contributed by atoms with Crippen LogP contribution in [0.2, 0.25) is 0 Å². The number of aryl methyl sites for hydroxylation is 1. The fourth-order valence-corrected chi connectivity index (χ4v) is 3.68. The molecule has 0 radical (unpaired) electrons. The standard InChI is InChI=1S/C16H18N4O4S/c21-15-6-7-16(22)20(15)13-2-4-14(5-3-13)25(23,24)18-8-1-10-19-11-9-17-12-19/h2-5,9,11-12,18H,1,6-8,10H2. The number of carbonyl (C=O) groups excluding carboxylic acids is 2. The van der Waals surface area contributed by atoms with Crippen LogP contribution in [0.3, 0.4) is 0 Å². The number of hydrogen-bond donors (Lipinski definition) is 1. The Labute approximate surface area is 145 Å². The molecule has 2 heterocycles. The van der Waals surface area contributed by atoms with Crippen LogP contribution in [0.15, 0.2) is 47.9 Å². The second-order valence-electron chi connectivity index (χ2n) is 5.67. The number of sulfonamides is 1. The van der Waals surface area contributed by atoms with Gasteiger partial charge in [0.05, 0.1) is 16.9 Å². The molecule has 1 saturated heterocycles. The average Bonchev–Trinajstić information content (AvgIpc) is 3.22. The third-order valence-electron chi connectivity index (χ3n) is 3.90. The predicted octanol–water partition coefficient (Wildman–Crippen LogP) is 0.905. The summed E-state index contributed by atoms with van der Waals surface area (Å²) in [5, 5.41) is 0. The SMILES string of the molecule is O=C1CCC(=O)N1c1ccc(S(=O)(=O)NCCCn2ccnc2)cc1. The molecule has 0 saturated carbocycles. The number of carbonyl (C=O) groups is 2. The number of aromatic nitrogens is 2. The summed E-state index contributed by atoms with van der Waals surface area (Å²) < 4.78 is 29.0. The Bertz CT molecular complexity index is 844. The van der Waals surface area contributed by atoms with Crippen molar-refractivity contribution in [3.05, 3.63) is 43.0 Å². The lowest BCUT2D eigenvalue weighted by Crippen LogP contribution is -2.29. The first-order valence-electron chi connectivity index (χ1n) is 7.89. The molecule has 0 aliphatic carbocycles. The predicted molar refractivity (Wildman–Crippen MR) is 90.2 cm³/mol. The maximum absolute atomic E-state index is 12.3. The number of imide groups is 1. The number of anilines is 1. The first kappa shape index (κ1) is 17.3. The Hall–Kier alpha value is -2.52. The molecule has 2 amide bonds. The molecule has 0 atom stereocenters. The smallest absolute Gasteiger partial charge is 0.240 e. The fraction of sp³-hybridized carbons (Fsp3) is 0.312. The zero-order valence-corrected chi connectivity index (χ0v) is 14.3. The summed E-state index contributed by atoms with van der Waals surface area (Å²) in [5.74, 6) is -0.531. The van der Waals surface area contributed by atoms with Crippen molar-refractivity contribution in [2.75, 3.05) is 11.4 Å². The number of amides is 2. The van der Waals surface area contributed by atoms with Crippen LogP contribution < -0.4 is 9.62 Å². The molecule has 1 aliphatic rings. The number of nitrogens with one attached hydrogen (secondary N) is 1. The van der Waals surface area contributed by atoms with Gasteiger partial charge >= 0.3 is 0 Å². The van der Waals surface area contributed by atoms with Gasteiger partial charge in [-0.3, -0.25) is 14.5 Å². The van der Waals surface area contributed by atoms with Crippen molar-refractivity contribution in [3.63, 3.8) is 0 Å². The van der Waals surface area contributed by atoms with Crippen LogP contribution in [0.4, 0.5) is 5.69 Å². The molecule has 0 spiro atoms. The highest BCUT2D eigenvalue weighted by Gasteiger charge is 2.30. The van der Waals surface area contributed by atoms with Crippen LogP contribution in [0.1, 0.15) is 19.3 Å². The third kappa shape index (κ3) is 3.94. The number of nitrogens with zero attached hydrogens (tertiary/aromatic N) is 3. The van der Waals surface area contributed by atoms with Gasteiger partial charge in [0, 0.05) is 38.3 Å². The summed E-state index contributed by atoms with van der Waals surface area (Å²) in [7, 11) is -3.63. The summed E-state index contributed by atoms with van der Waals surface area (Å²) in [4.78, 5) is 28.5. The molecule has 132 valence electrons. The van der Waals surface area contributed by atoms with Crippen molar-refractivity contribution in [2.45, 2.75) is 30.7 Å². The third-order valence-corrected chi connectivity index (χ3v) is 5.38. The first-order chi connectivity index (χ1) is 12.0. The Kier molecular flexibility index (Phi) is 4.95. The lowest BCUT2D eigenvalue weighted by atomic mass is 10.3. The molecule has 9 heteroatoms. The van der Waals surface area contributed by atoms with E-state index < -0.39 is 10.0 Å². The minimum Gasteiger partial charge on any atom is -0.337 e. The summed E-state index contributed by atoms with van der Waals surface area (Å²) in [5.41, 5.74) is 0.395. The zero-order valence-electron chi connectivity index (χ0n) is 13.5. The number of benzene rings is 1. The summed E-state index contributed by atoms with van der Waals surface area (Å²) in [6, 6.07) is 5.74. The highest BCUT2D eigenvalue weighted by molar-refractivity contribution is 7.89.